The molecule has 0 amide bonds. The van der Waals surface area contributed by atoms with Gasteiger partial charge in [-0.25, -0.2) is 0 Å². The number of nitrogens with zero attached hydrogens (tertiary/aromatic N) is 1. The average Bonchev–Trinajstić information content (AvgIpc) is 2.83. The molecule has 2 aromatic carbocycles. The first-order chi connectivity index (χ1) is 15.7. The lowest BCUT2D eigenvalue weighted by Gasteiger charge is -2.39. The van der Waals surface area contributed by atoms with Gasteiger partial charge in [0.25, 0.3) is 0 Å². The maximum absolute atomic E-state index is 6.04. The van der Waals surface area contributed by atoms with E-state index in [9.17, 15) is 0 Å². The van der Waals surface area contributed by atoms with Crippen LogP contribution in [0.2, 0.25) is 25.2 Å². The zero-order valence-electron chi connectivity index (χ0n) is 21.1. The lowest BCUT2D eigenvalue weighted by molar-refractivity contribution is 0.243. The summed E-state index contributed by atoms with van der Waals surface area (Å²) in [5.74, 6) is 0. The molecule has 9 heteroatoms. The third kappa shape index (κ3) is 7.13. The fourth-order valence-corrected chi connectivity index (χ4v) is 6.96. The van der Waals surface area contributed by atoms with Crippen molar-refractivity contribution in [2.75, 3.05) is 53.0 Å². The van der Waals surface area contributed by atoms with Crippen LogP contribution in [0.4, 0.5) is 22.7 Å². The minimum absolute atomic E-state index is 0.691. The van der Waals surface area contributed by atoms with E-state index < -0.39 is 17.1 Å². The number of hydrogen-bond donors (Lipinski definition) is 2. The summed E-state index contributed by atoms with van der Waals surface area (Å²) in [5, 5.41) is 0. The molecular weight excluding hydrogens is 450 g/mol. The number of quaternary nitrogens is 1. The molecule has 2 rings (SSSR count). The smallest absolute Gasteiger partial charge is 0.334 e. The van der Waals surface area contributed by atoms with Crippen molar-refractivity contribution in [2.24, 2.45) is 0 Å². The lowest BCUT2D eigenvalue weighted by atomic mass is 10.1. The Bertz CT molecular complexity index is 770. The maximum Gasteiger partial charge on any atom is 0.334 e. The van der Waals surface area contributed by atoms with Crippen LogP contribution in [0.5, 0.6) is 0 Å². The SMILES string of the molecule is CO[Si](C)(CCC[N+](CCC[Si](C)(OC)OC)(c1ccc(N)cc1)c1ccc(N)cc1)OC. The largest absolute Gasteiger partial charge is 0.399 e. The highest BCUT2D eigenvalue weighted by Crippen LogP contribution is 2.38. The molecule has 0 saturated carbocycles. The van der Waals surface area contributed by atoms with Gasteiger partial charge in [0.2, 0.25) is 0 Å². The van der Waals surface area contributed by atoms with Crippen molar-refractivity contribution in [3.05, 3.63) is 48.5 Å². The number of benzene rings is 2. The van der Waals surface area contributed by atoms with Crippen LogP contribution in [0.25, 0.3) is 0 Å². The van der Waals surface area contributed by atoms with Crippen LogP contribution < -0.4 is 16.0 Å². The van der Waals surface area contributed by atoms with Gasteiger partial charge in [-0.2, -0.15) is 0 Å². The predicted molar refractivity (Wildman–Crippen MR) is 143 cm³/mol. The second kappa shape index (κ2) is 12.1. The average molecular weight is 493 g/mol. The monoisotopic (exact) mass is 492 g/mol. The third-order valence-corrected chi connectivity index (χ3v) is 12.8. The molecule has 0 aliphatic heterocycles. The van der Waals surface area contributed by atoms with Gasteiger partial charge < -0.3 is 29.2 Å². The minimum Gasteiger partial charge on any atom is -0.399 e. The van der Waals surface area contributed by atoms with Gasteiger partial charge >= 0.3 is 17.1 Å². The van der Waals surface area contributed by atoms with Gasteiger partial charge in [0.1, 0.15) is 11.4 Å². The fraction of sp³-hybridized carbons (Fsp3) is 0.500. The molecule has 0 heterocycles. The van der Waals surface area contributed by atoms with E-state index in [-0.39, 0.29) is 0 Å². The number of rotatable bonds is 14. The fourth-order valence-electron chi connectivity index (χ4n) is 4.21. The van der Waals surface area contributed by atoms with Crippen LogP contribution in [-0.4, -0.2) is 58.7 Å². The molecule has 0 spiro atoms. The molecule has 7 nitrogen and oxygen atoms in total. The Labute approximate surface area is 201 Å². The first kappa shape index (κ1) is 27.5. The van der Waals surface area contributed by atoms with Gasteiger partial charge in [-0.15, -0.1) is 0 Å². The summed E-state index contributed by atoms with van der Waals surface area (Å²) < 4.78 is 23.7. The van der Waals surface area contributed by atoms with E-state index in [1.54, 1.807) is 28.4 Å². The van der Waals surface area contributed by atoms with Crippen LogP contribution in [0.3, 0.4) is 0 Å². The van der Waals surface area contributed by atoms with Gasteiger partial charge in [0.15, 0.2) is 0 Å². The van der Waals surface area contributed by atoms with E-state index >= 15 is 0 Å². The van der Waals surface area contributed by atoms with Crippen LogP contribution in [0.15, 0.2) is 48.5 Å². The molecule has 0 saturated heterocycles. The van der Waals surface area contributed by atoms with Gasteiger partial charge in [0.05, 0.1) is 13.1 Å². The summed E-state index contributed by atoms with van der Waals surface area (Å²) in [5.41, 5.74) is 16.0. The summed E-state index contributed by atoms with van der Waals surface area (Å²) in [7, 11) is 2.65. The maximum atomic E-state index is 6.04. The van der Waals surface area contributed by atoms with Crippen molar-refractivity contribution in [3.63, 3.8) is 0 Å². The first-order valence-corrected chi connectivity index (χ1v) is 16.5. The van der Waals surface area contributed by atoms with Crippen molar-refractivity contribution in [1.29, 1.82) is 0 Å². The normalized spacial score (nSPS) is 12.8. The van der Waals surface area contributed by atoms with Crippen LogP contribution in [-0.2, 0) is 17.7 Å². The molecule has 0 fully saturated rings. The van der Waals surface area contributed by atoms with Gasteiger partial charge in [-0.05, 0) is 62.3 Å². The number of nitrogen functional groups attached to an aromatic ring is 2. The predicted octanol–water partition coefficient (Wildman–Crippen LogP) is 5.00. The summed E-state index contributed by atoms with van der Waals surface area (Å²) in [6.45, 7) is 6.04. The van der Waals surface area contributed by atoms with E-state index in [0.717, 1.165) is 49.4 Å². The van der Waals surface area contributed by atoms with Crippen LogP contribution in [0.1, 0.15) is 12.8 Å². The minimum atomic E-state index is -2.17. The van der Waals surface area contributed by atoms with E-state index in [2.05, 4.69) is 37.4 Å². The Kier molecular flexibility index (Phi) is 10.1. The lowest BCUT2D eigenvalue weighted by Crippen LogP contribution is -2.48. The van der Waals surface area contributed by atoms with Gasteiger partial charge in [0, 0.05) is 64.1 Å². The van der Waals surface area contributed by atoms with E-state index in [1.807, 2.05) is 24.3 Å². The summed E-state index contributed by atoms with van der Waals surface area (Å²) >= 11 is 0. The molecule has 0 unspecified atom stereocenters. The Balaban J connectivity index is 2.46. The molecular formula is C24H42N3O4Si2+. The second-order valence-corrected chi connectivity index (χ2v) is 16.1. The summed E-state index contributed by atoms with van der Waals surface area (Å²) in [4.78, 5) is 0. The van der Waals surface area contributed by atoms with Crippen LogP contribution >= 0.6 is 0 Å². The standard InChI is InChI=1S/C24H42N3O4Si2/c1-28-32(5,29-2)19-7-17-27(23-13-9-21(25)10-14-23,24-15-11-22(26)12-16-24)18-8-20-33(6,30-3)31-4/h9-16H,7-8,17-20,25-26H2,1-6H3/q+1. The topological polar surface area (TPSA) is 89.0 Å². The Hall–Kier alpha value is -1.73. The molecule has 0 bridgehead atoms. The number of nitrogens with two attached hydrogens (primary N) is 2. The Morgan fingerprint density at radius 2 is 0.909 bits per heavy atom. The quantitative estimate of drug-likeness (QED) is 0.219. The molecule has 0 aliphatic rings. The Morgan fingerprint density at radius 1 is 0.606 bits per heavy atom. The van der Waals surface area contributed by atoms with Gasteiger partial charge in [-0.3, -0.25) is 4.48 Å². The first-order valence-electron chi connectivity index (χ1n) is 11.5. The van der Waals surface area contributed by atoms with Crippen LogP contribution in [0, 0.1) is 0 Å². The third-order valence-electron chi connectivity index (χ3n) is 6.84. The zero-order valence-corrected chi connectivity index (χ0v) is 23.1. The highest BCUT2D eigenvalue weighted by atomic mass is 28.4. The van der Waals surface area contributed by atoms with Crippen molar-refractivity contribution in [2.45, 2.75) is 38.0 Å². The zero-order chi connectivity index (χ0) is 24.5. The molecule has 0 radical (unpaired) electrons. The Morgan fingerprint density at radius 3 is 1.18 bits per heavy atom. The molecule has 4 N–H and O–H groups in total. The van der Waals surface area contributed by atoms with E-state index in [0.29, 0.717) is 4.48 Å². The molecule has 0 aromatic heterocycles. The summed E-state index contributed by atoms with van der Waals surface area (Å²) in [6, 6.07) is 18.3. The van der Waals surface area contributed by atoms with Crippen molar-refractivity contribution < 1.29 is 17.7 Å². The number of hydrogen-bond acceptors (Lipinski definition) is 6. The highest BCUT2D eigenvalue weighted by Gasteiger charge is 2.37. The van der Waals surface area contributed by atoms with Crippen molar-refractivity contribution in [1.82, 2.24) is 4.48 Å². The van der Waals surface area contributed by atoms with Gasteiger partial charge in [-0.1, -0.05) is 0 Å². The molecule has 0 aliphatic carbocycles. The molecule has 0 atom stereocenters. The molecule has 33 heavy (non-hydrogen) atoms. The molecule has 184 valence electrons. The van der Waals surface area contributed by atoms with Crippen molar-refractivity contribution >= 4 is 39.9 Å². The van der Waals surface area contributed by atoms with Crippen molar-refractivity contribution in [3.8, 4) is 0 Å². The summed E-state index contributed by atoms with van der Waals surface area (Å²) in [6.07, 6.45) is 1.92. The van der Waals surface area contributed by atoms with E-state index in [1.165, 1.54) is 11.4 Å². The van der Waals surface area contributed by atoms with E-state index in [4.69, 9.17) is 29.2 Å². The second-order valence-electron chi connectivity index (χ2n) is 8.89. The number of anilines is 2. The highest BCUT2D eigenvalue weighted by molar-refractivity contribution is 6.66. The molecule has 2 aromatic rings.